The average Bonchev–Trinajstić information content (AvgIpc) is 2.72. The van der Waals surface area contributed by atoms with E-state index in [0.717, 1.165) is 23.8 Å². The Morgan fingerprint density at radius 1 is 0.871 bits per heavy atom. The molecule has 3 aromatic rings. The Balaban J connectivity index is 1.61. The predicted octanol–water partition coefficient (Wildman–Crippen LogP) is 4.33. The van der Waals surface area contributed by atoms with Crippen LogP contribution in [0.25, 0.3) is 0 Å². The maximum Gasteiger partial charge on any atom is 0.416 e. The van der Waals surface area contributed by atoms with Gasteiger partial charge >= 0.3 is 6.18 Å². The van der Waals surface area contributed by atoms with Crippen molar-refractivity contribution in [2.45, 2.75) is 24.1 Å². The fourth-order valence-corrected chi connectivity index (χ4v) is 3.73. The number of hydrogen-bond donors (Lipinski definition) is 1. The minimum Gasteiger partial charge on any atom is -0.489 e. The van der Waals surface area contributed by atoms with Gasteiger partial charge < -0.3 is 4.74 Å². The van der Waals surface area contributed by atoms with Crippen LogP contribution in [0.2, 0.25) is 0 Å². The molecule has 0 unspecified atom stereocenters. The smallest absolute Gasteiger partial charge is 0.416 e. The van der Waals surface area contributed by atoms with Crippen LogP contribution in [0.3, 0.4) is 0 Å². The van der Waals surface area contributed by atoms with Crippen molar-refractivity contribution in [1.29, 1.82) is 0 Å². The van der Waals surface area contributed by atoms with Gasteiger partial charge in [-0.1, -0.05) is 48.5 Å². The van der Waals surface area contributed by atoms with E-state index in [1.54, 1.807) is 0 Å². The zero-order valence-corrected chi connectivity index (χ0v) is 16.9. The Morgan fingerprint density at radius 3 is 2.16 bits per heavy atom. The molecule has 0 heterocycles. The number of rotatable bonds is 7. The second-order valence-corrected chi connectivity index (χ2v) is 8.33. The Hall–Kier alpha value is -3.33. The Labute approximate surface area is 177 Å². The van der Waals surface area contributed by atoms with Gasteiger partial charge in [-0.3, -0.25) is 4.79 Å². The maximum atomic E-state index is 12.8. The molecule has 0 radical (unpaired) electrons. The summed E-state index contributed by atoms with van der Waals surface area (Å²) in [6.45, 7) is 0.306. The molecule has 0 saturated heterocycles. The lowest BCUT2D eigenvalue weighted by Crippen LogP contribution is -2.31. The number of benzene rings is 3. The first-order valence-electron chi connectivity index (χ1n) is 9.12. The molecule has 0 aliphatic carbocycles. The van der Waals surface area contributed by atoms with Crippen molar-refractivity contribution in [2.75, 3.05) is 0 Å². The second-order valence-electron chi connectivity index (χ2n) is 6.65. The fourth-order valence-electron chi connectivity index (χ4n) is 2.74. The van der Waals surface area contributed by atoms with Gasteiger partial charge in [0, 0.05) is 0 Å². The van der Waals surface area contributed by atoms with Gasteiger partial charge in [-0.25, -0.2) is 13.1 Å². The van der Waals surface area contributed by atoms with Crippen molar-refractivity contribution in [3.63, 3.8) is 0 Å². The van der Waals surface area contributed by atoms with E-state index in [2.05, 4.69) is 0 Å². The third kappa shape index (κ3) is 6.32. The summed E-state index contributed by atoms with van der Waals surface area (Å²) in [5.41, 5.74) is 0.0833. The molecule has 0 aliphatic rings. The number of amides is 1. The molecule has 0 fully saturated rings. The third-order valence-electron chi connectivity index (χ3n) is 4.25. The zero-order chi connectivity index (χ0) is 22.5. The standard InChI is InChI=1S/C22H18F3NO4S/c23-22(24,25)18-8-4-7-17(13-18)14-21(27)26-31(28,29)20-11-9-19(10-12-20)30-15-16-5-2-1-3-6-16/h1-13H,14-15H2,(H,26,27). The van der Waals surface area contributed by atoms with Crippen molar-refractivity contribution in [3.05, 3.63) is 95.6 Å². The first-order chi connectivity index (χ1) is 14.6. The highest BCUT2D eigenvalue weighted by Gasteiger charge is 2.30. The lowest BCUT2D eigenvalue weighted by Gasteiger charge is -2.10. The predicted molar refractivity (Wildman–Crippen MR) is 108 cm³/mol. The van der Waals surface area contributed by atoms with Crippen LogP contribution in [-0.4, -0.2) is 14.3 Å². The van der Waals surface area contributed by atoms with Crippen LogP contribution in [0.5, 0.6) is 5.75 Å². The fraction of sp³-hybridized carbons (Fsp3) is 0.136. The van der Waals surface area contributed by atoms with Gasteiger partial charge in [0.2, 0.25) is 5.91 Å². The summed E-state index contributed by atoms with van der Waals surface area (Å²) in [4.78, 5) is 11.9. The van der Waals surface area contributed by atoms with E-state index in [1.807, 2.05) is 35.1 Å². The summed E-state index contributed by atoms with van der Waals surface area (Å²) in [5, 5.41) is 0. The third-order valence-corrected chi connectivity index (χ3v) is 5.64. The molecule has 0 saturated carbocycles. The summed E-state index contributed by atoms with van der Waals surface area (Å²) < 4.78 is 70.6. The van der Waals surface area contributed by atoms with E-state index >= 15 is 0 Å². The van der Waals surface area contributed by atoms with Gasteiger partial charge in [-0.2, -0.15) is 13.2 Å². The van der Waals surface area contributed by atoms with Crippen LogP contribution in [0.1, 0.15) is 16.7 Å². The molecule has 3 rings (SSSR count). The number of carbonyl (C=O) groups is 1. The van der Waals surface area contributed by atoms with Gasteiger partial charge in [-0.05, 0) is 41.5 Å². The number of sulfonamides is 1. The highest BCUT2D eigenvalue weighted by Crippen LogP contribution is 2.29. The van der Waals surface area contributed by atoms with Crippen LogP contribution in [0.4, 0.5) is 13.2 Å². The highest BCUT2D eigenvalue weighted by atomic mass is 32.2. The van der Waals surface area contributed by atoms with Crippen LogP contribution in [0.15, 0.2) is 83.8 Å². The summed E-state index contributed by atoms with van der Waals surface area (Å²) >= 11 is 0. The molecule has 3 aromatic carbocycles. The first kappa shape index (κ1) is 22.4. The van der Waals surface area contributed by atoms with Crippen LogP contribution in [-0.2, 0) is 34.0 Å². The van der Waals surface area contributed by atoms with Gasteiger partial charge in [0.15, 0.2) is 0 Å². The minimum atomic E-state index is -4.55. The molecule has 0 bridgehead atoms. The van der Waals surface area contributed by atoms with E-state index in [9.17, 15) is 26.4 Å². The lowest BCUT2D eigenvalue weighted by atomic mass is 10.1. The van der Waals surface area contributed by atoms with E-state index in [0.29, 0.717) is 12.4 Å². The molecule has 162 valence electrons. The number of hydrogen-bond acceptors (Lipinski definition) is 4. The van der Waals surface area contributed by atoms with Gasteiger partial charge in [0.25, 0.3) is 10.0 Å². The quantitative estimate of drug-likeness (QED) is 0.583. The topological polar surface area (TPSA) is 72.5 Å². The summed E-state index contributed by atoms with van der Waals surface area (Å²) in [6, 6.07) is 19.0. The molecule has 0 atom stereocenters. The van der Waals surface area contributed by atoms with Gasteiger partial charge in [-0.15, -0.1) is 0 Å². The van der Waals surface area contributed by atoms with Crippen molar-refractivity contribution in [1.82, 2.24) is 4.72 Å². The van der Waals surface area contributed by atoms with Crippen LogP contribution < -0.4 is 9.46 Å². The largest absolute Gasteiger partial charge is 0.489 e. The van der Waals surface area contributed by atoms with E-state index in [1.165, 1.54) is 30.3 Å². The normalized spacial score (nSPS) is 11.7. The molecule has 9 heteroatoms. The number of alkyl halides is 3. The molecule has 0 spiro atoms. The molecule has 0 aromatic heterocycles. The summed E-state index contributed by atoms with van der Waals surface area (Å²) in [5.74, 6) is -0.498. The molecule has 31 heavy (non-hydrogen) atoms. The Bertz CT molecular complexity index is 1150. The molecule has 1 N–H and O–H groups in total. The monoisotopic (exact) mass is 449 g/mol. The zero-order valence-electron chi connectivity index (χ0n) is 16.1. The molecule has 5 nitrogen and oxygen atoms in total. The number of nitrogens with one attached hydrogen (secondary N) is 1. The maximum absolute atomic E-state index is 12.8. The minimum absolute atomic E-state index is 0.0483. The number of ether oxygens (including phenoxy) is 1. The number of carbonyl (C=O) groups excluding carboxylic acids is 1. The van der Waals surface area contributed by atoms with Gasteiger partial charge in [0.05, 0.1) is 16.9 Å². The van der Waals surface area contributed by atoms with Crippen LogP contribution in [0, 0.1) is 0 Å². The Kier molecular flexibility index (Phi) is 6.65. The number of halogens is 3. The van der Waals surface area contributed by atoms with Crippen molar-refractivity contribution >= 4 is 15.9 Å². The SMILES string of the molecule is O=C(Cc1cccc(C(F)(F)F)c1)NS(=O)(=O)c1ccc(OCc2ccccc2)cc1. The first-order valence-corrected chi connectivity index (χ1v) is 10.6. The van der Waals surface area contributed by atoms with Crippen molar-refractivity contribution in [2.24, 2.45) is 0 Å². The summed E-state index contributed by atoms with van der Waals surface area (Å²) in [7, 11) is -4.18. The van der Waals surface area contributed by atoms with Crippen molar-refractivity contribution < 1.29 is 31.1 Å². The van der Waals surface area contributed by atoms with E-state index in [-0.39, 0.29) is 10.5 Å². The second kappa shape index (κ2) is 9.22. The average molecular weight is 449 g/mol. The highest BCUT2D eigenvalue weighted by molar-refractivity contribution is 7.90. The Morgan fingerprint density at radius 2 is 1.52 bits per heavy atom. The molecule has 0 aliphatic heterocycles. The van der Waals surface area contributed by atoms with E-state index in [4.69, 9.17) is 4.74 Å². The van der Waals surface area contributed by atoms with Gasteiger partial charge in [0.1, 0.15) is 12.4 Å². The van der Waals surface area contributed by atoms with Crippen molar-refractivity contribution in [3.8, 4) is 5.75 Å². The van der Waals surface area contributed by atoms with E-state index < -0.39 is 34.1 Å². The summed E-state index contributed by atoms with van der Waals surface area (Å²) in [6.07, 6.45) is -5.07. The molecule has 1 amide bonds. The van der Waals surface area contributed by atoms with Crippen LogP contribution >= 0.6 is 0 Å². The molecular weight excluding hydrogens is 431 g/mol. The lowest BCUT2D eigenvalue weighted by molar-refractivity contribution is -0.137. The molecular formula is C22H18F3NO4S.